The summed E-state index contributed by atoms with van der Waals surface area (Å²) in [5.41, 5.74) is 0.379. The van der Waals surface area contributed by atoms with E-state index in [9.17, 15) is 22.0 Å². The molecule has 1 aromatic heterocycles. The highest BCUT2D eigenvalue weighted by Gasteiger charge is 2.28. The van der Waals surface area contributed by atoms with Gasteiger partial charge in [0.1, 0.15) is 5.71 Å². The number of halogens is 5. The van der Waals surface area contributed by atoms with E-state index in [0.717, 1.165) is 18.2 Å². The van der Waals surface area contributed by atoms with Crippen LogP contribution in [0.5, 0.6) is 0 Å². The fourth-order valence-electron chi connectivity index (χ4n) is 1.74. The van der Waals surface area contributed by atoms with Gasteiger partial charge in [-0.25, -0.2) is 8.78 Å². The van der Waals surface area contributed by atoms with Crippen LogP contribution in [0, 0.1) is 11.6 Å². The van der Waals surface area contributed by atoms with E-state index in [1.54, 1.807) is 0 Å². The predicted molar refractivity (Wildman–Crippen MR) is 74.2 cm³/mol. The molecule has 0 saturated carbocycles. The Labute approximate surface area is 133 Å². The zero-order valence-electron chi connectivity index (χ0n) is 12.0. The minimum absolute atomic E-state index is 0.00891. The van der Waals surface area contributed by atoms with E-state index in [0.29, 0.717) is 5.69 Å². The summed E-state index contributed by atoms with van der Waals surface area (Å²) >= 11 is 0. The SMILES string of the molecule is OCc1ccc(C(=NOCC(F)(F)F)c2ccc(F)c(F)c2)cn1. The van der Waals surface area contributed by atoms with Crippen molar-refractivity contribution in [3.05, 3.63) is 65.0 Å². The maximum Gasteiger partial charge on any atom is 0.425 e. The van der Waals surface area contributed by atoms with E-state index >= 15 is 0 Å². The van der Waals surface area contributed by atoms with Gasteiger partial charge in [0.2, 0.25) is 6.61 Å². The van der Waals surface area contributed by atoms with Crippen molar-refractivity contribution in [2.24, 2.45) is 5.16 Å². The molecular weight excluding hydrogens is 335 g/mol. The van der Waals surface area contributed by atoms with Gasteiger partial charge in [0.25, 0.3) is 0 Å². The third kappa shape index (κ3) is 4.72. The third-order valence-corrected chi connectivity index (χ3v) is 2.84. The largest absolute Gasteiger partial charge is 0.425 e. The summed E-state index contributed by atoms with van der Waals surface area (Å²) in [6, 6.07) is 5.57. The van der Waals surface area contributed by atoms with Crippen LogP contribution < -0.4 is 0 Å². The van der Waals surface area contributed by atoms with Crippen LogP contribution in [0.2, 0.25) is 0 Å². The van der Waals surface area contributed by atoms with Gasteiger partial charge in [-0.3, -0.25) is 4.98 Å². The van der Waals surface area contributed by atoms with Crippen LogP contribution in [0.3, 0.4) is 0 Å². The summed E-state index contributed by atoms with van der Waals surface area (Å²) in [4.78, 5) is 8.13. The number of aromatic nitrogens is 1. The molecule has 0 aliphatic rings. The molecule has 0 atom stereocenters. The van der Waals surface area contributed by atoms with Crippen LogP contribution >= 0.6 is 0 Å². The molecule has 2 aromatic rings. The maximum atomic E-state index is 13.4. The van der Waals surface area contributed by atoms with Gasteiger partial charge in [0, 0.05) is 17.3 Å². The Balaban J connectivity index is 2.39. The van der Waals surface area contributed by atoms with Crippen LogP contribution in [0.1, 0.15) is 16.8 Å². The molecule has 0 amide bonds. The van der Waals surface area contributed by atoms with Gasteiger partial charge in [-0.2, -0.15) is 13.2 Å². The van der Waals surface area contributed by atoms with E-state index in [1.165, 1.54) is 18.3 Å². The molecule has 1 aromatic carbocycles. The monoisotopic (exact) mass is 346 g/mol. The second-order valence-electron chi connectivity index (χ2n) is 4.65. The summed E-state index contributed by atoms with van der Waals surface area (Å²) in [7, 11) is 0. The molecule has 0 fully saturated rings. The number of pyridine rings is 1. The standard InChI is InChI=1S/C15H11F5N2O2/c16-12-4-2-9(5-13(12)17)14(22-24-8-15(18,19)20)10-1-3-11(7-23)21-6-10/h1-6,23H,7-8H2. The van der Waals surface area contributed by atoms with Gasteiger partial charge < -0.3 is 9.94 Å². The lowest BCUT2D eigenvalue weighted by Gasteiger charge is -2.09. The van der Waals surface area contributed by atoms with Crippen LogP contribution in [0.4, 0.5) is 22.0 Å². The smallest absolute Gasteiger partial charge is 0.390 e. The molecule has 0 bridgehead atoms. The van der Waals surface area contributed by atoms with E-state index in [-0.39, 0.29) is 23.4 Å². The van der Waals surface area contributed by atoms with Crippen molar-refractivity contribution in [3.63, 3.8) is 0 Å². The van der Waals surface area contributed by atoms with E-state index in [2.05, 4.69) is 15.0 Å². The Bertz CT molecular complexity index is 730. The quantitative estimate of drug-likeness (QED) is 0.514. The summed E-state index contributed by atoms with van der Waals surface area (Å²) in [6.07, 6.45) is -3.37. The summed E-state index contributed by atoms with van der Waals surface area (Å²) in [5.74, 6) is -2.29. The van der Waals surface area contributed by atoms with Gasteiger partial charge in [0.15, 0.2) is 11.6 Å². The summed E-state index contributed by atoms with van der Waals surface area (Å²) in [5, 5.41) is 12.3. The van der Waals surface area contributed by atoms with Gasteiger partial charge in [-0.1, -0.05) is 5.16 Å². The number of rotatable bonds is 5. The van der Waals surface area contributed by atoms with Crippen LogP contribution in [0.25, 0.3) is 0 Å². The Morgan fingerprint density at radius 1 is 1.08 bits per heavy atom. The van der Waals surface area contributed by atoms with Crippen molar-refractivity contribution in [1.29, 1.82) is 0 Å². The minimum Gasteiger partial charge on any atom is -0.390 e. The van der Waals surface area contributed by atoms with Crippen molar-refractivity contribution in [1.82, 2.24) is 4.98 Å². The number of oxime groups is 1. The highest BCUT2D eigenvalue weighted by atomic mass is 19.4. The second kappa shape index (κ2) is 7.35. The molecule has 1 heterocycles. The maximum absolute atomic E-state index is 13.4. The number of alkyl halides is 3. The minimum atomic E-state index is -4.60. The lowest BCUT2D eigenvalue weighted by atomic mass is 10.0. The fraction of sp³-hybridized carbons (Fsp3) is 0.200. The number of benzene rings is 1. The van der Waals surface area contributed by atoms with Gasteiger partial charge in [0.05, 0.1) is 12.3 Å². The predicted octanol–water partition coefficient (Wildman–Crippen LogP) is 3.18. The highest BCUT2D eigenvalue weighted by Crippen LogP contribution is 2.18. The van der Waals surface area contributed by atoms with E-state index in [1.807, 2.05) is 0 Å². The van der Waals surface area contributed by atoms with Crippen molar-refractivity contribution in [2.45, 2.75) is 12.8 Å². The highest BCUT2D eigenvalue weighted by molar-refractivity contribution is 6.12. The molecular formula is C15H11F5N2O2. The van der Waals surface area contributed by atoms with E-state index < -0.39 is 24.4 Å². The first-order chi connectivity index (χ1) is 11.3. The molecule has 24 heavy (non-hydrogen) atoms. The number of hydrogen-bond acceptors (Lipinski definition) is 4. The molecule has 128 valence electrons. The molecule has 4 nitrogen and oxygen atoms in total. The van der Waals surface area contributed by atoms with Crippen LogP contribution in [-0.2, 0) is 11.4 Å². The zero-order valence-corrected chi connectivity index (χ0v) is 12.0. The summed E-state index contributed by atoms with van der Waals surface area (Å²) < 4.78 is 63.0. The molecule has 0 radical (unpaired) electrons. The molecule has 9 heteroatoms. The van der Waals surface area contributed by atoms with Crippen molar-refractivity contribution in [3.8, 4) is 0 Å². The normalized spacial score (nSPS) is 12.3. The molecule has 0 spiro atoms. The second-order valence-corrected chi connectivity index (χ2v) is 4.65. The van der Waals surface area contributed by atoms with Crippen molar-refractivity contribution < 1.29 is 31.9 Å². The zero-order chi connectivity index (χ0) is 17.7. The van der Waals surface area contributed by atoms with Gasteiger partial charge in [-0.15, -0.1) is 0 Å². The van der Waals surface area contributed by atoms with Crippen molar-refractivity contribution in [2.75, 3.05) is 6.61 Å². The molecule has 2 rings (SSSR count). The van der Waals surface area contributed by atoms with Crippen LogP contribution in [0.15, 0.2) is 41.7 Å². The Morgan fingerprint density at radius 3 is 2.33 bits per heavy atom. The summed E-state index contributed by atoms with van der Waals surface area (Å²) in [6.45, 7) is -1.97. The number of aliphatic hydroxyl groups excluding tert-OH is 1. The lowest BCUT2D eigenvalue weighted by molar-refractivity contribution is -0.173. The lowest BCUT2D eigenvalue weighted by Crippen LogP contribution is -2.16. The Morgan fingerprint density at radius 2 is 1.79 bits per heavy atom. The van der Waals surface area contributed by atoms with E-state index in [4.69, 9.17) is 5.11 Å². The number of nitrogens with zero attached hydrogens (tertiary/aromatic N) is 2. The Hall–Kier alpha value is -2.55. The third-order valence-electron chi connectivity index (χ3n) is 2.84. The first-order valence-corrected chi connectivity index (χ1v) is 6.58. The molecule has 0 unspecified atom stereocenters. The first kappa shape index (κ1) is 17.8. The first-order valence-electron chi connectivity index (χ1n) is 6.58. The van der Waals surface area contributed by atoms with Gasteiger partial charge >= 0.3 is 6.18 Å². The topological polar surface area (TPSA) is 54.7 Å². The van der Waals surface area contributed by atoms with Crippen LogP contribution in [-0.4, -0.2) is 28.6 Å². The van der Waals surface area contributed by atoms with Crippen molar-refractivity contribution >= 4 is 5.71 Å². The molecule has 0 saturated heterocycles. The Kier molecular flexibility index (Phi) is 5.45. The average Bonchev–Trinajstić information content (AvgIpc) is 2.54. The average molecular weight is 346 g/mol. The van der Waals surface area contributed by atoms with Gasteiger partial charge in [-0.05, 0) is 30.3 Å². The molecule has 1 N–H and O–H groups in total. The fourth-order valence-corrected chi connectivity index (χ4v) is 1.74. The number of aliphatic hydroxyl groups is 1. The molecule has 0 aliphatic carbocycles. The molecule has 0 aliphatic heterocycles. The number of hydrogen-bond donors (Lipinski definition) is 1.